The van der Waals surface area contributed by atoms with Crippen molar-refractivity contribution in [2.45, 2.75) is 12.8 Å². The summed E-state index contributed by atoms with van der Waals surface area (Å²) in [6.45, 7) is 2.22. The summed E-state index contributed by atoms with van der Waals surface area (Å²) in [7, 11) is 0.321. The normalized spacial score (nSPS) is 22.7. The van der Waals surface area contributed by atoms with Crippen LogP contribution in [-0.4, -0.2) is 19.3 Å². The summed E-state index contributed by atoms with van der Waals surface area (Å²) in [4.78, 5) is 0. The molecule has 1 saturated heterocycles. The lowest BCUT2D eigenvalue weighted by atomic mass is 10.0. The summed E-state index contributed by atoms with van der Waals surface area (Å²) in [5.41, 5.74) is 0. The van der Waals surface area contributed by atoms with Crippen LogP contribution >= 0.6 is 8.46 Å². The molecule has 0 aromatic heterocycles. The fourth-order valence-corrected chi connectivity index (χ4v) is 1.75. The van der Waals surface area contributed by atoms with E-state index in [9.17, 15) is 4.57 Å². The van der Waals surface area contributed by atoms with Gasteiger partial charge in [-0.05, 0) is 31.8 Å². The fourth-order valence-electron chi connectivity index (χ4n) is 1.17. The van der Waals surface area contributed by atoms with Crippen molar-refractivity contribution in [1.29, 1.82) is 0 Å². The SMILES string of the molecule is O=PCC1CCNCC1. The van der Waals surface area contributed by atoms with Gasteiger partial charge in [0.25, 0.3) is 0 Å². The Morgan fingerprint density at radius 1 is 1.44 bits per heavy atom. The molecule has 1 N–H and O–H groups in total. The van der Waals surface area contributed by atoms with Gasteiger partial charge in [0, 0.05) is 6.16 Å². The van der Waals surface area contributed by atoms with Gasteiger partial charge in [-0.1, -0.05) is 0 Å². The van der Waals surface area contributed by atoms with E-state index in [0.717, 1.165) is 19.3 Å². The van der Waals surface area contributed by atoms with Gasteiger partial charge in [-0.2, -0.15) is 0 Å². The first kappa shape index (κ1) is 7.17. The first-order valence-corrected chi connectivity index (χ1v) is 4.43. The van der Waals surface area contributed by atoms with Crippen LogP contribution < -0.4 is 5.32 Å². The highest BCUT2D eigenvalue weighted by Gasteiger charge is 2.11. The first-order chi connectivity index (χ1) is 4.43. The van der Waals surface area contributed by atoms with Gasteiger partial charge in [0.05, 0.1) is 0 Å². The van der Waals surface area contributed by atoms with E-state index in [1.165, 1.54) is 12.8 Å². The molecule has 1 rings (SSSR count). The van der Waals surface area contributed by atoms with Crippen molar-refractivity contribution < 1.29 is 4.57 Å². The van der Waals surface area contributed by atoms with Crippen molar-refractivity contribution in [3.8, 4) is 0 Å². The minimum Gasteiger partial charge on any atom is -0.317 e. The van der Waals surface area contributed by atoms with Crippen LogP contribution in [0.3, 0.4) is 0 Å². The van der Waals surface area contributed by atoms with Crippen LogP contribution in [0.1, 0.15) is 12.8 Å². The van der Waals surface area contributed by atoms with Crippen molar-refractivity contribution in [2.24, 2.45) is 5.92 Å². The molecule has 0 atom stereocenters. The lowest BCUT2D eigenvalue weighted by Crippen LogP contribution is -2.28. The zero-order chi connectivity index (χ0) is 6.53. The van der Waals surface area contributed by atoms with Crippen LogP contribution in [0.15, 0.2) is 0 Å². The van der Waals surface area contributed by atoms with Gasteiger partial charge < -0.3 is 5.32 Å². The summed E-state index contributed by atoms with van der Waals surface area (Å²) < 4.78 is 10.1. The molecule has 1 fully saturated rings. The Morgan fingerprint density at radius 2 is 2.11 bits per heavy atom. The van der Waals surface area contributed by atoms with Crippen molar-refractivity contribution in [2.75, 3.05) is 19.3 Å². The third kappa shape index (κ3) is 2.42. The van der Waals surface area contributed by atoms with Crippen molar-refractivity contribution in [1.82, 2.24) is 5.32 Å². The summed E-state index contributed by atoms with van der Waals surface area (Å²) in [6, 6.07) is 0. The van der Waals surface area contributed by atoms with Crippen LogP contribution in [0.25, 0.3) is 0 Å². The lowest BCUT2D eigenvalue weighted by molar-refractivity contribution is 0.404. The maximum absolute atomic E-state index is 10.1. The highest BCUT2D eigenvalue weighted by molar-refractivity contribution is 7.23. The molecular weight excluding hydrogens is 133 g/mol. The highest BCUT2D eigenvalue weighted by atomic mass is 31.1. The standard InChI is InChI=1S/C6H12NOP/c8-9-5-6-1-3-7-4-2-6/h6-7H,1-5H2. The van der Waals surface area contributed by atoms with Crippen LogP contribution in [0.2, 0.25) is 0 Å². The molecule has 2 nitrogen and oxygen atoms in total. The van der Waals surface area contributed by atoms with Gasteiger partial charge in [0.1, 0.15) is 0 Å². The topological polar surface area (TPSA) is 29.1 Å². The van der Waals surface area contributed by atoms with E-state index in [1.807, 2.05) is 0 Å². The van der Waals surface area contributed by atoms with E-state index in [0.29, 0.717) is 14.4 Å². The van der Waals surface area contributed by atoms with Crippen molar-refractivity contribution in [3.63, 3.8) is 0 Å². The average Bonchev–Trinajstić information content (AvgIpc) is 1.91. The molecule has 0 aromatic carbocycles. The molecule has 0 saturated carbocycles. The second kappa shape index (κ2) is 3.97. The number of piperidine rings is 1. The Bertz CT molecular complexity index is 91.1. The number of hydrogen-bond acceptors (Lipinski definition) is 2. The van der Waals surface area contributed by atoms with E-state index in [4.69, 9.17) is 0 Å². The number of nitrogens with one attached hydrogen (secondary N) is 1. The Morgan fingerprint density at radius 3 is 2.67 bits per heavy atom. The van der Waals surface area contributed by atoms with Crippen molar-refractivity contribution >= 4 is 8.46 Å². The van der Waals surface area contributed by atoms with E-state index in [1.54, 1.807) is 0 Å². The molecular formula is C6H12NOP. The van der Waals surface area contributed by atoms with Gasteiger partial charge in [-0.3, -0.25) is 4.57 Å². The largest absolute Gasteiger partial charge is 0.317 e. The molecule has 1 heterocycles. The van der Waals surface area contributed by atoms with Gasteiger partial charge >= 0.3 is 0 Å². The third-order valence-electron chi connectivity index (χ3n) is 1.79. The summed E-state index contributed by atoms with van der Waals surface area (Å²) in [6.07, 6.45) is 3.27. The van der Waals surface area contributed by atoms with Crippen LogP contribution in [0.5, 0.6) is 0 Å². The summed E-state index contributed by atoms with van der Waals surface area (Å²) in [5, 5.41) is 3.27. The smallest absolute Gasteiger partial charge is 0.155 e. The van der Waals surface area contributed by atoms with Crippen LogP contribution in [0.4, 0.5) is 0 Å². The minimum absolute atomic E-state index is 0.321. The molecule has 0 unspecified atom stereocenters. The van der Waals surface area contributed by atoms with Gasteiger partial charge in [-0.15, -0.1) is 0 Å². The van der Waals surface area contributed by atoms with Crippen molar-refractivity contribution in [3.05, 3.63) is 0 Å². The molecule has 52 valence electrons. The first-order valence-electron chi connectivity index (χ1n) is 3.43. The fraction of sp³-hybridized carbons (Fsp3) is 1.00. The maximum atomic E-state index is 10.1. The minimum atomic E-state index is 0.321. The molecule has 0 radical (unpaired) electrons. The van der Waals surface area contributed by atoms with E-state index in [-0.39, 0.29) is 0 Å². The predicted octanol–water partition coefficient (Wildman–Crippen LogP) is 1.28. The predicted molar refractivity (Wildman–Crippen MR) is 38.1 cm³/mol. The summed E-state index contributed by atoms with van der Waals surface area (Å²) in [5.74, 6) is 0.713. The van der Waals surface area contributed by atoms with Crippen LogP contribution in [0, 0.1) is 5.92 Å². The van der Waals surface area contributed by atoms with Gasteiger partial charge in [0.15, 0.2) is 8.46 Å². The Balaban J connectivity index is 2.15. The van der Waals surface area contributed by atoms with E-state index >= 15 is 0 Å². The van der Waals surface area contributed by atoms with Crippen LogP contribution in [-0.2, 0) is 4.57 Å². The number of rotatable bonds is 2. The van der Waals surface area contributed by atoms with Gasteiger partial charge in [0.2, 0.25) is 0 Å². The monoisotopic (exact) mass is 145 g/mol. The zero-order valence-corrected chi connectivity index (χ0v) is 6.36. The van der Waals surface area contributed by atoms with E-state index in [2.05, 4.69) is 5.32 Å². The summed E-state index contributed by atoms with van der Waals surface area (Å²) >= 11 is 0. The molecule has 0 aromatic rings. The lowest BCUT2D eigenvalue weighted by Gasteiger charge is -2.19. The Kier molecular flexibility index (Phi) is 3.16. The quantitative estimate of drug-likeness (QED) is 0.593. The zero-order valence-electron chi connectivity index (χ0n) is 5.47. The molecule has 0 spiro atoms. The second-order valence-electron chi connectivity index (χ2n) is 2.51. The maximum Gasteiger partial charge on any atom is 0.155 e. The molecule has 1 aliphatic heterocycles. The van der Waals surface area contributed by atoms with E-state index < -0.39 is 0 Å². The Labute approximate surface area is 57.2 Å². The van der Waals surface area contributed by atoms with Gasteiger partial charge in [-0.25, -0.2) is 0 Å². The highest BCUT2D eigenvalue weighted by Crippen LogP contribution is 2.15. The number of hydrogen-bond donors (Lipinski definition) is 1. The second-order valence-corrected chi connectivity index (χ2v) is 3.13. The molecule has 9 heavy (non-hydrogen) atoms. The molecule has 0 bridgehead atoms. The Hall–Kier alpha value is 0.0600. The molecule has 3 heteroatoms. The molecule has 1 aliphatic rings. The molecule has 0 amide bonds. The molecule has 0 aliphatic carbocycles. The average molecular weight is 145 g/mol. The third-order valence-corrected chi connectivity index (χ3v) is 2.46.